The minimum Gasteiger partial charge on any atom is -0.236 e. The Hall–Kier alpha value is -6.49. The number of pyridine rings is 1. The van der Waals surface area contributed by atoms with Crippen molar-refractivity contribution in [3.63, 3.8) is 0 Å². The minimum absolute atomic E-state index is 0.703. The second-order valence-corrected chi connectivity index (χ2v) is 14.2. The van der Waals surface area contributed by atoms with Crippen LogP contribution in [0.1, 0.15) is 0 Å². The molecule has 0 aliphatic heterocycles. The van der Waals surface area contributed by atoms with Crippen molar-refractivity contribution in [3.8, 4) is 45.2 Å². The van der Waals surface area contributed by atoms with Gasteiger partial charge in [-0.15, -0.1) is 11.3 Å². The lowest BCUT2D eigenvalue weighted by Crippen LogP contribution is -1.97. The third kappa shape index (κ3) is 4.40. The largest absolute Gasteiger partial charge is 0.236 e. The van der Waals surface area contributed by atoms with Crippen molar-refractivity contribution in [3.05, 3.63) is 164 Å². The van der Waals surface area contributed by atoms with Crippen LogP contribution in [0, 0.1) is 0 Å². The molecule has 11 rings (SSSR count). The highest BCUT2D eigenvalue weighted by molar-refractivity contribution is 7.25. The first kappa shape index (κ1) is 28.4. The van der Waals surface area contributed by atoms with Gasteiger partial charge in [0.25, 0.3) is 0 Å². The second kappa shape index (κ2) is 11.0. The Morgan fingerprint density at radius 1 is 0.373 bits per heavy atom. The minimum atomic E-state index is 0.703. The van der Waals surface area contributed by atoms with Gasteiger partial charge in [-0.1, -0.05) is 146 Å². The van der Waals surface area contributed by atoms with E-state index >= 15 is 0 Å². The number of thiophene rings is 1. The molecule has 51 heavy (non-hydrogen) atoms. The van der Waals surface area contributed by atoms with Crippen LogP contribution in [0.4, 0.5) is 0 Å². The summed E-state index contributed by atoms with van der Waals surface area (Å²) in [6.45, 7) is 0. The van der Waals surface area contributed by atoms with Crippen LogP contribution < -0.4 is 0 Å². The Morgan fingerprint density at radius 2 is 1.02 bits per heavy atom. The molecule has 3 nitrogen and oxygen atoms in total. The van der Waals surface area contributed by atoms with Gasteiger partial charge in [0.2, 0.25) is 0 Å². The monoisotopic (exact) mass is 665 g/mol. The summed E-state index contributed by atoms with van der Waals surface area (Å²) in [6.07, 6.45) is 0. The van der Waals surface area contributed by atoms with E-state index in [0.717, 1.165) is 49.6 Å². The third-order valence-corrected chi connectivity index (χ3v) is 11.3. The molecule has 8 aromatic carbocycles. The molecule has 11 aromatic rings. The zero-order chi connectivity index (χ0) is 33.5. The van der Waals surface area contributed by atoms with E-state index in [1.54, 1.807) is 11.3 Å². The maximum atomic E-state index is 5.34. The normalized spacial score (nSPS) is 11.9. The zero-order valence-electron chi connectivity index (χ0n) is 27.3. The fourth-order valence-corrected chi connectivity index (χ4v) is 8.99. The van der Waals surface area contributed by atoms with Crippen LogP contribution in [-0.4, -0.2) is 15.0 Å². The number of rotatable bonds is 4. The maximum Gasteiger partial charge on any atom is 0.160 e. The average molecular weight is 666 g/mol. The highest BCUT2D eigenvalue weighted by Gasteiger charge is 2.18. The summed E-state index contributed by atoms with van der Waals surface area (Å²) in [4.78, 5) is 16.8. The van der Waals surface area contributed by atoms with Crippen LogP contribution in [-0.2, 0) is 0 Å². The Labute approximate surface area is 297 Å². The van der Waals surface area contributed by atoms with Crippen molar-refractivity contribution < 1.29 is 0 Å². The first-order valence-electron chi connectivity index (χ1n) is 17.2. The van der Waals surface area contributed by atoms with Gasteiger partial charge < -0.3 is 0 Å². The highest BCUT2D eigenvalue weighted by Crippen LogP contribution is 2.42. The van der Waals surface area contributed by atoms with Crippen LogP contribution >= 0.6 is 11.3 Å². The summed E-state index contributed by atoms with van der Waals surface area (Å²) in [6, 6.07) is 58.3. The van der Waals surface area contributed by atoms with E-state index in [0.29, 0.717) is 5.82 Å². The van der Waals surface area contributed by atoms with E-state index in [-0.39, 0.29) is 0 Å². The number of aromatic nitrogens is 3. The molecule has 0 unspecified atom stereocenters. The Bertz CT molecular complexity index is 3130. The van der Waals surface area contributed by atoms with Gasteiger partial charge in [-0.3, -0.25) is 0 Å². The van der Waals surface area contributed by atoms with E-state index < -0.39 is 0 Å². The van der Waals surface area contributed by atoms with Crippen LogP contribution in [0.3, 0.4) is 0 Å². The lowest BCUT2D eigenvalue weighted by Gasteiger charge is -2.15. The molecule has 0 spiro atoms. The molecule has 0 radical (unpaired) electrons. The molecule has 0 saturated heterocycles. The predicted molar refractivity (Wildman–Crippen MR) is 216 cm³/mol. The number of hydrogen-bond acceptors (Lipinski definition) is 4. The number of nitrogens with zero attached hydrogens (tertiary/aromatic N) is 3. The van der Waals surface area contributed by atoms with E-state index in [1.165, 1.54) is 53.2 Å². The van der Waals surface area contributed by atoms with Crippen molar-refractivity contribution in [2.45, 2.75) is 0 Å². The molecule has 0 saturated carbocycles. The molecule has 3 heterocycles. The molecular weight excluding hydrogens is 639 g/mol. The zero-order valence-corrected chi connectivity index (χ0v) is 28.2. The summed E-state index contributed by atoms with van der Waals surface area (Å²) in [5, 5.41) is 12.4. The smallest absolute Gasteiger partial charge is 0.160 e. The Morgan fingerprint density at radius 3 is 1.88 bits per heavy atom. The molecular formula is C47H27N3S. The van der Waals surface area contributed by atoms with Crippen LogP contribution in [0.5, 0.6) is 0 Å². The average Bonchev–Trinajstić information content (AvgIpc) is 3.59. The summed E-state index contributed by atoms with van der Waals surface area (Å²) < 4.78 is 1.25. The van der Waals surface area contributed by atoms with Crippen molar-refractivity contribution >= 4 is 74.7 Å². The van der Waals surface area contributed by atoms with Gasteiger partial charge in [0.1, 0.15) is 4.83 Å². The first-order valence-corrected chi connectivity index (χ1v) is 18.0. The number of benzene rings is 8. The van der Waals surface area contributed by atoms with Gasteiger partial charge in [0, 0.05) is 43.1 Å². The van der Waals surface area contributed by atoms with Crippen molar-refractivity contribution in [1.82, 2.24) is 15.0 Å². The molecule has 0 bridgehead atoms. The highest BCUT2D eigenvalue weighted by atomic mass is 32.1. The van der Waals surface area contributed by atoms with Crippen molar-refractivity contribution in [2.75, 3.05) is 0 Å². The van der Waals surface area contributed by atoms with Gasteiger partial charge in [-0.2, -0.15) is 0 Å². The topological polar surface area (TPSA) is 38.7 Å². The van der Waals surface area contributed by atoms with Gasteiger partial charge in [0.05, 0.1) is 17.1 Å². The van der Waals surface area contributed by atoms with Gasteiger partial charge in [0.15, 0.2) is 5.82 Å². The SMILES string of the molecule is c1ccc(-c2nc(-c3cccc(-c4nc5sc6ccccc6c5c5ccccc45)c3)cc(-c3ccc4ccc5cccc6ccc3c4c56)n2)cc1. The van der Waals surface area contributed by atoms with Crippen molar-refractivity contribution in [2.24, 2.45) is 0 Å². The fourth-order valence-electron chi connectivity index (χ4n) is 7.89. The van der Waals surface area contributed by atoms with Crippen LogP contribution in [0.25, 0.3) is 109 Å². The summed E-state index contributed by atoms with van der Waals surface area (Å²) >= 11 is 1.76. The van der Waals surface area contributed by atoms with Gasteiger partial charge in [-0.25, -0.2) is 15.0 Å². The van der Waals surface area contributed by atoms with E-state index in [2.05, 4.69) is 146 Å². The number of fused-ring (bicyclic) bond motifs is 5. The van der Waals surface area contributed by atoms with E-state index in [4.69, 9.17) is 15.0 Å². The Balaban J connectivity index is 1.13. The quantitative estimate of drug-likeness (QED) is 0.176. The van der Waals surface area contributed by atoms with E-state index in [9.17, 15) is 0 Å². The lowest BCUT2D eigenvalue weighted by atomic mass is 9.91. The summed E-state index contributed by atoms with van der Waals surface area (Å²) in [5.41, 5.74) is 6.92. The molecule has 0 atom stereocenters. The number of hydrogen-bond donors (Lipinski definition) is 0. The predicted octanol–water partition coefficient (Wildman–Crippen LogP) is 13.0. The third-order valence-electron chi connectivity index (χ3n) is 10.2. The molecule has 0 aliphatic rings. The Kier molecular flexibility index (Phi) is 6.12. The van der Waals surface area contributed by atoms with Crippen molar-refractivity contribution in [1.29, 1.82) is 0 Å². The van der Waals surface area contributed by atoms with Gasteiger partial charge >= 0.3 is 0 Å². The standard InChI is InChI=1S/C47H27N3S/c1-2-10-31(11-3-1)46-48-39(27-40(49-46)34-24-22-30-21-20-28-12-8-13-29-23-25-36(34)43(30)42(28)29)32-14-9-15-33(26-32)45-37-17-5-4-16-35(37)44-38-18-6-7-19-41(38)51-47(44)50-45/h1-27H. The molecule has 0 amide bonds. The summed E-state index contributed by atoms with van der Waals surface area (Å²) in [7, 11) is 0. The molecule has 4 heteroatoms. The molecule has 3 aromatic heterocycles. The van der Waals surface area contributed by atoms with Gasteiger partial charge in [-0.05, 0) is 55.9 Å². The molecule has 236 valence electrons. The van der Waals surface area contributed by atoms with E-state index in [1.807, 2.05) is 18.2 Å². The maximum absolute atomic E-state index is 5.34. The second-order valence-electron chi connectivity index (χ2n) is 13.2. The van der Waals surface area contributed by atoms with Crippen LogP contribution in [0.2, 0.25) is 0 Å². The molecule has 0 fully saturated rings. The summed E-state index contributed by atoms with van der Waals surface area (Å²) in [5.74, 6) is 0.703. The van der Waals surface area contributed by atoms with Crippen LogP contribution in [0.15, 0.2) is 164 Å². The lowest BCUT2D eigenvalue weighted by molar-refractivity contribution is 1.18. The molecule has 0 N–H and O–H groups in total. The fraction of sp³-hybridized carbons (Fsp3) is 0. The molecule has 0 aliphatic carbocycles. The first-order chi connectivity index (χ1) is 25.3.